The molecule has 0 heterocycles. The number of hydrogen-bond acceptors (Lipinski definition) is 7. The first kappa shape index (κ1) is 30.5. The second-order valence-electron chi connectivity index (χ2n) is 8.17. The monoisotopic (exact) mass is 489 g/mol. The minimum Gasteiger partial charge on any atom is -0.480 e. The number of amides is 3. The van der Waals surface area contributed by atoms with Crippen molar-refractivity contribution in [2.45, 2.75) is 70.6 Å². The Morgan fingerprint density at radius 3 is 1.88 bits per heavy atom. The number of hydrogen-bond donors (Lipinski definition) is 7. The fraction of sp³-hybridized carbons (Fsp3) is 0.750. The number of carboxylic acids is 1. The largest absolute Gasteiger partial charge is 0.480 e. The summed E-state index contributed by atoms with van der Waals surface area (Å²) in [6.45, 7) is 5.41. The molecule has 0 aliphatic carbocycles. The third kappa shape index (κ3) is 13.6. The summed E-state index contributed by atoms with van der Waals surface area (Å²) < 4.78 is 0. The minimum absolute atomic E-state index is 0.0331. The molecule has 10 N–H and O–H groups in total. The van der Waals surface area contributed by atoms with Crippen molar-refractivity contribution in [2.24, 2.45) is 28.1 Å². The lowest BCUT2D eigenvalue weighted by Crippen LogP contribution is -2.57. The van der Waals surface area contributed by atoms with Gasteiger partial charge in [0, 0.05) is 6.54 Å². The molecule has 0 spiro atoms. The summed E-state index contributed by atoms with van der Waals surface area (Å²) in [6.07, 6.45) is 2.96. The number of nitrogens with zero attached hydrogens (tertiary/aromatic N) is 1. The number of aliphatic imine (C=N–C) groups is 1. The van der Waals surface area contributed by atoms with Crippen LogP contribution >= 0.6 is 11.8 Å². The van der Waals surface area contributed by atoms with Gasteiger partial charge in [-0.2, -0.15) is 11.8 Å². The van der Waals surface area contributed by atoms with Gasteiger partial charge in [-0.25, -0.2) is 4.79 Å². The zero-order valence-corrected chi connectivity index (χ0v) is 20.6. The fourth-order valence-corrected chi connectivity index (χ4v) is 3.29. The maximum atomic E-state index is 12.9. The van der Waals surface area contributed by atoms with Crippen LogP contribution in [-0.4, -0.2) is 77.5 Å². The molecule has 0 rings (SSSR count). The molecular formula is C20H39N7O5S. The second-order valence-corrected chi connectivity index (χ2v) is 9.16. The van der Waals surface area contributed by atoms with Crippen molar-refractivity contribution >= 4 is 41.4 Å². The summed E-state index contributed by atoms with van der Waals surface area (Å²) >= 11 is 1.50. The van der Waals surface area contributed by atoms with Crippen molar-refractivity contribution in [1.29, 1.82) is 0 Å². The lowest BCUT2D eigenvalue weighted by Gasteiger charge is -2.25. The minimum atomic E-state index is -1.16. The number of carboxylic acid groups (broad SMARTS) is 1. The molecular weight excluding hydrogens is 450 g/mol. The molecule has 190 valence electrons. The van der Waals surface area contributed by atoms with Gasteiger partial charge in [0.2, 0.25) is 17.7 Å². The van der Waals surface area contributed by atoms with E-state index >= 15 is 0 Å². The van der Waals surface area contributed by atoms with Crippen LogP contribution in [0, 0.1) is 5.92 Å². The van der Waals surface area contributed by atoms with E-state index in [-0.39, 0.29) is 31.3 Å². The highest BCUT2D eigenvalue weighted by Crippen LogP contribution is 2.08. The van der Waals surface area contributed by atoms with E-state index in [1.807, 2.05) is 20.1 Å². The molecule has 4 unspecified atom stereocenters. The summed E-state index contributed by atoms with van der Waals surface area (Å²) in [6, 6.07) is -3.83. The Morgan fingerprint density at radius 1 is 0.909 bits per heavy atom. The summed E-state index contributed by atoms with van der Waals surface area (Å²) in [5.41, 5.74) is 16.2. The molecule has 3 amide bonds. The Labute approximate surface area is 199 Å². The fourth-order valence-electron chi connectivity index (χ4n) is 2.82. The predicted octanol–water partition coefficient (Wildman–Crippen LogP) is -1.27. The molecule has 12 nitrogen and oxygen atoms in total. The lowest BCUT2D eigenvalue weighted by molar-refractivity contribution is -0.142. The third-order valence-electron chi connectivity index (χ3n) is 4.56. The summed E-state index contributed by atoms with van der Waals surface area (Å²) in [4.78, 5) is 53.2. The normalized spacial score (nSPS) is 14.5. The number of thioether (sulfide) groups is 1. The molecule has 33 heavy (non-hydrogen) atoms. The first-order valence-corrected chi connectivity index (χ1v) is 12.2. The first-order chi connectivity index (χ1) is 15.4. The number of nitrogens with one attached hydrogen (secondary N) is 3. The molecule has 0 saturated carbocycles. The van der Waals surface area contributed by atoms with Gasteiger partial charge in [-0.15, -0.1) is 0 Å². The second kappa shape index (κ2) is 16.1. The van der Waals surface area contributed by atoms with Crippen LogP contribution in [0.5, 0.6) is 0 Å². The van der Waals surface area contributed by atoms with Gasteiger partial charge in [-0.05, 0) is 50.5 Å². The molecule has 0 saturated heterocycles. The van der Waals surface area contributed by atoms with Crippen LogP contribution in [0.15, 0.2) is 4.99 Å². The van der Waals surface area contributed by atoms with E-state index in [0.29, 0.717) is 18.6 Å². The van der Waals surface area contributed by atoms with Gasteiger partial charge in [0.1, 0.15) is 18.1 Å². The Hall–Kier alpha value is -2.54. The average Bonchev–Trinajstić information content (AvgIpc) is 2.71. The van der Waals surface area contributed by atoms with E-state index < -0.39 is 47.9 Å². The van der Waals surface area contributed by atoms with Gasteiger partial charge in [0.25, 0.3) is 0 Å². The molecule has 0 radical (unpaired) electrons. The van der Waals surface area contributed by atoms with Crippen molar-refractivity contribution in [3.63, 3.8) is 0 Å². The molecule has 0 aromatic rings. The van der Waals surface area contributed by atoms with Crippen LogP contribution in [0.4, 0.5) is 0 Å². The summed E-state index contributed by atoms with van der Waals surface area (Å²) in [5.74, 6) is -2.32. The maximum absolute atomic E-state index is 12.9. The van der Waals surface area contributed by atoms with Gasteiger partial charge in [-0.3, -0.25) is 19.4 Å². The van der Waals surface area contributed by atoms with Crippen molar-refractivity contribution in [1.82, 2.24) is 16.0 Å². The number of guanidine groups is 1. The highest BCUT2D eigenvalue weighted by atomic mass is 32.2. The van der Waals surface area contributed by atoms with E-state index in [4.69, 9.17) is 17.2 Å². The average molecular weight is 490 g/mol. The highest BCUT2D eigenvalue weighted by Gasteiger charge is 2.29. The molecule has 13 heteroatoms. The lowest BCUT2D eigenvalue weighted by atomic mass is 10.0. The zero-order valence-electron chi connectivity index (χ0n) is 19.8. The number of carbonyl (C=O) groups excluding carboxylic acids is 3. The molecule has 0 aromatic heterocycles. The van der Waals surface area contributed by atoms with Crippen molar-refractivity contribution in [3.05, 3.63) is 0 Å². The van der Waals surface area contributed by atoms with Crippen LogP contribution in [0.25, 0.3) is 0 Å². The number of nitrogens with two attached hydrogens (primary N) is 3. The van der Waals surface area contributed by atoms with Crippen LogP contribution in [0.3, 0.4) is 0 Å². The van der Waals surface area contributed by atoms with Crippen LogP contribution < -0.4 is 33.2 Å². The smallest absolute Gasteiger partial charge is 0.326 e. The van der Waals surface area contributed by atoms with Crippen molar-refractivity contribution < 1.29 is 24.3 Å². The highest BCUT2D eigenvalue weighted by molar-refractivity contribution is 7.98. The number of rotatable bonds is 16. The molecule has 0 aliphatic rings. The summed E-state index contributed by atoms with van der Waals surface area (Å²) in [5, 5.41) is 17.2. The van der Waals surface area contributed by atoms with Crippen LogP contribution in [-0.2, 0) is 19.2 Å². The van der Waals surface area contributed by atoms with E-state index in [1.54, 1.807) is 0 Å². The van der Waals surface area contributed by atoms with Gasteiger partial charge >= 0.3 is 5.97 Å². The van der Waals surface area contributed by atoms with Crippen molar-refractivity contribution in [3.8, 4) is 0 Å². The number of aliphatic carboxylic acids is 1. The molecule has 4 atom stereocenters. The van der Waals surface area contributed by atoms with Gasteiger partial charge in [0.15, 0.2) is 5.96 Å². The molecule has 0 fully saturated rings. The van der Waals surface area contributed by atoms with Gasteiger partial charge in [-0.1, -0.05) is 13.8 Å². The maximum Gasteiger partial charge on any atom is 0.326 e. The third-order valence-corrected chi connectivity index (χ3v) is 5.20. The van der Waals surface area contributed by atoms with Crippen molar-refractivity contribution in [2.75, 3.05) is 18.6 Å². The standard InChI is InChI=1S/C20H39N7O5S/c1-11(2)10-15(19(31)32)27-17(29)13(6-5-8-24-20(22)23)26-18(30)14(7-9-33-4)25-16(28)12(3)21/h11-15H,5-10,21H2,1-4H3,(H,25,28)(H,26,30)(H,27,29)(H,31,32)(H4,22,23,24). The first-order valence-electron chi connectivity index (χ1n) is 10.8. The predicted molar refractivity (Wildman–Crippen MR) is 129 cm³/mol. The quantitative estimate of drug-likeness (QED) is 0.0779. The topological polar surface area (TPSA) is 215 Å². The SMILES string of the molecule is CSCCC(NC(=O)C(C)N)C(=O)NC(CCCN=C(N)N)C(=O)NC(CC(C)C)C(=O)O. The van der Waals surface area contributed by atoms with Gasteiger partial charge in [0.05, 0.1) is 6.04 Å². The Kier molecular flexibility index (Phi) is 14.9. The van der Waals surface area contributed by atoms with E-state index in [2.05, 4.69) is 20.9 Å². The molecule has 0 aliphatic heterocycles. The van der Waals surface area contributed by atoms with E-state index in [0.717, 1.165) is 0 Å². The van der Waals surface area contributed by atoms with E-state index in [9.17, 15) is 24.3 Å². The Bertz CT molecular complexity index is 684. The van der Waals surface area contributed by atoms with Crippen LogP contribution in [0.2, 0.25) is 0 Å². The van der Waals surface area contributed by atoms with E-state index in [1.165, 1.54) is 18.7 Å². The zero-order chi connectivity index (χ0) is 25.6. The summed E-state index contributed by atoms with van der Waals surface area (Å²) in [7, 11) is 0. The Morgan fingerprint density at radius 2 is 1.42 bits per heavy atom. The Balaban J connectivity index is 5.50. The van der Waals surface area contributed by atoms with Gasteiger partial charge < -0.3 is 38.3 Å². The van der Waals surface area contributed by atoms with Crippen LogP contribution in [0.1, 0.15) is 46.5 Å². The molecule has 0 bridgehead atoms. The molecule has 0 aromatic carbocycles. The number of carbonyl (C=O) groups is 4.